The minimum Gasteiger partial charge on any atom is -0.492 e. The Balaban J connectivity index is 1.65. The first kappa shape index (κ1) is 15.7. The first-order valence-corrected chi connectivity index (χ1v) is 7.79. The summed E-state index contributed by atoms with van der Waals surface area (Å²) in [6, 6.07) is 18.6. The zero-order valence-electron chi connectivity index (χ0n) is 13.4. The van der Waals surface area contributed by atoms with E-state index in [1.165, 1.54) is 0 Å². The summed E-state index contributed by atoms with van der Waals surface area (Å²) in [5.41, 5.74) is 2.39. The Hall–Kier alpha value is -3.21. The maximum atomic E-state index is 12.2. The zero-order chi connectivity index (χ0) is 16.8. The standard InChI is InChI=1S/C19H19N3O2/c1-2-24-18-8-4-3-7-17(18)21-19(23)20-15-9-11-16(12-10-15)22-13-5-6-14-22/h3-14H,2H2,1H3,(H2,20,21,23). The Bertz CT molecular complexity index is 796. The smallest absolute Gasteiger partial charge is 0.323 e. The van der Waals surface area contributed by atoms with E-state index in [1.807, 2.05) is 78.5 Å². The molecule has 2 aromatic carbocycles. The lowest BCUT2D eigenvalue weighted by Gasteiger charge is -2.12. The number of para-hydroxylation sites is 2. The second-order valence-corrected chi connectivity index (χ2v) is 5.15. The highest BCUT2D eigenvalue weighted by Crippen LogP contribution is 2.24. The van der Waals surface area contributed by atoms with Crippen molar-refractivity contribution in [2.24, 2.45) is 0 Å². The first-order valence-electron chi connectivity index (χ1n) is 7.79. The molecule has 0 saturated heterocycles. The van der Waals surface area contributed by atoms with Crippen molar-refractivity contribution in [3.8, 4) is 11.4 Å². The third-order valence-electron chi connectivity index (χ3n) is 3.46. The second kappa shape index (κ2) is 7.37. The van der Waals surface area contributed by atoms with Gasteiger partial charge in [-0.1, -0.05) is 12.1 Å². The van der Waals surface area contributed by atoms with Gasteiger partial charge in [-0.25, -0.2) is 4.79 Å². The summed E-state index contributed by atoms with van der Waals surface area (Å²) in [5.74, 6) is 0.651. The monoisotopic (exact) mass is 321 g/mol. The lowest BCUT2D eigenvalue weighted by molar-refractivity contribution is 0.262. The van der Waals surface area contributed by atoms with Crippen molar-refractivity contribution in [3.63, 3.8) is 0 Å². The third kappa shape index (κ3) is 3.76. The largest absolute Gasteiger partial charge is 0.492 e. The fourth-order valence-corrected chi connectivity index (χ4v) is 2.36. The molecule has 0 radical (unpaired) electrons. The summed E-state index contributed by atoms with van der Waals surface area (Å²) in [5, 5.41) is 5.62. The van der Waals surface area contributed by atoms with Gasteiger partial charge in [0.25, 0.3) is 0 Å². The lowest BCUT2D eigenvalue weighted by atomic mass is 10.2. The van der Waals surface area contributed by atoms with Crippen LogP contribution in [0.4, 0.5) is 16.2 Å². The Kier molecular flexibility index (Phi) is 4.81. The van der Waals surface area contributed by atoms with Crippen LogP contribution in [-0.2, 0) is 0 Å². The maximum Gasteiger partial charge on any atom is 0.323 e. The fourth-order valence-electron chi connectivity index (χ4n) is 2.36. The van der Waals surface area contributed by atoms with E-state index in [0.717, 1.165) is 11.4 Å². The Labute approximate surface area is 140 Å². The molecule has 0 aliphatic carbocycles. The minimum absolute atomic E-state index is 0.309. The zero-order valence-corrected chi connectivity index (χ0v) is 13.4. The molecule has 0 unspecified atom stereocenters. The van der Waals surface area contributed by atoms with Crippen molar-refractivity contribution in [1.29, 1.82) is 0 Å². The molecule has 0 atom stereocenters. The van der Waals surface area contributed by atoms with E-state index in [2.05, 4.69) is 10.6 Å². The lowest BCUT2D eigenvalue weighted by Crippen LogP contribution is -2.19. The summed E-state index contributed by atoms with van der Waals surface area (Å²) in [6.07, 6.45) is 3.94. The van der Waals surface area contributed by atoms with Crippen molar-refractivity contribution in [2.75, 3.05) is 17.2 Å². The number of benzene rings is 2. The third-order valence-corrected chi connectivity index (χ3v) is 3.46. The molecular weight excluding hydrogens is 302 g/mol. The predicted octanol–water partition coefficient (Wildman–Crippen LogP) is 4.52. The topological polar surface area (TPSA) is 55.3 Å². The number of amides is 2. The molecule has 5 heteroatoms. The van der Waals surface area contributed by atoms with E-state index in [9.17, 15) is 4.79 Å². The number of aromatic nitrogens is 1. The van der Waals surface area contributed by atoms with E-state index in [4.69, 9.17) is 4.74 Å². The van der Waals surface area contributed by atoms with Gasteiger partial charge in [0, 0.05) is 23.8 Å². The molecule has 0 aliphatic rings. The van der Waals surface area contributed by atoms with Crippen LogP contribution in [-0.4, -0.2) is 17.2 Å². The molecule has 0 bridgehead atoms. The van der Waals surface area contributed by atoms with Gasteiger partial charge in [-0.15, -0.1) is 0 Å². The van der Waals surface area contributed by atoms with Crippen molar-refractivity contribution >= 4 is 17.4 Å². The van der Waals surface area contributed by atoms with Crippen LogP contribution in [0, 0.1) is 0 Å². The molecule has 2 amide bonds. The summed E-state index contributed by atoms with van der Waals surface area (Å²) in [7, 11) is 0. The molecule has 0 spiro atoms. The molecule has 122 valence electrons. The van der Waals surface area contributed by atoms with E-state index < -0.39 is 0 Å². The number of nitrogens with zero attached hydrogens (tertiary/aromatic N) is 1. The average Bonchev–Trinajstić information content (AvgIpc) is 3.12. The number of rotatable bonds is 5. The van der Waals surface area contributed by atoms with Crippen molar-refractivity contribution in [1.82, 2.24) is 4.57 Å². The number of urea groups is 1. The first-order chi connectivity index (χ1) is 11.8. The molecule has 1 heterocycles. The number of hydrogen-bond acceptors (Lipinski definition) is 2. The van der Waals surface area contributed by atoms with Gasteiger partial charge < -0.3 is 19.9 Å². The highest BCUT2D eigenvalue weighted by molar-refractivity contribution is 6.00. The number of anilines is 2. The van der Waals surface area contributed by atoms with Crippen LogP contribution in [0.3, 0.4) is 0 Å². The highest BCUT2D eigenvalue weighted by Gasteiger charge is 2.07. The van der Waals surface area contributed by atoms with E-state index >= 15 is 0 Å². The van der Waals surface area contributed by atoms with Gasteiger partial charge in [-0.2, -0.15) is 0 Å². The Morgan fingerprint density at radius 1 is 0.958 bits per heavy atom. The van der Waals surface area contributed by atoms with Crippen molar-refractivity contribution in [2.45, 2.75) is 6.92 Å². The van der Waals surface area contributed by atoms with Gasteiger partial charge in [0.1, 0.15) is 5.75 Å². The van der Waals surface area contributed by atoms with E-state index in [0.29, 0.717) is 18.0 Å². The normalized spacial score (nSPS) is 10.2. The molecular formula is C19H19N3O2. The summed E-state index contributed by atoms with van der Waals surface area (Å²) in [4.78, 5) is 12.2. The molecule has 5 nitrogen and oxygen atoms in total. The van der Waals surface area contributed by atoms with Crippen LogP contribution in [0.25, 0.3) is 5.69 Å². The molecule has 2 N–H and O–H groups in total. The average molecular weight is 321 g/mol. The van der Waals surface area contributed by atoms with Gasteiger partial charge in [0.2, 0.25) is 0 Å². The molecule has 0 fully saturated rings. The number of ether oxygens (including phenoxy) is 1. The molecule has 0 saturated carbocycles. The Morgan fingerprint density at radius 2 is 1.67 bits per heavy atom. The molecule has 1 aromatic heterocycles. The van der Waals surface area contributed by atoms with Crippen LogP contribution in [0.1, 0.15) is 6.92 Å². The summed E-state index contributed by atoms with van der Waals surface area (Å²) < 4.78 is 7.50. The van der Waals surface area contributed by atoms with Crippen LogP contribution >= 0.6 is 0 Å². The second-order valence-electron chi connectivity index (χ2n) is 5.15. The summed E-state index contributed by atoms with van der Waals surface area (Å²) >= 11 is 0. The quantitative estimate of drug-likeness (QED) is 0.726. The maximum absolute atomic E-state index is 12.2. The van der Waals surface area contributed by atoms with Gasteiger partial charge in [-0.05, 0) is 55.5 Å². The van der Waals surface area contributed by atoms with E-state index in [-0.39, 0.29) is 6.03 Å². The van der Waals surface area contributed by atoms with Gasteiger partial charge in [0.05, 0.1) is 12.3 Å². The number of carbonyl (C=O) groups is 1. The van der Waals surface area contributed by atoms with Gasteiger partial charge in [-0.3, -0.25) is 0 Å². The van der Waals surface area contributed by atoms with Crippen molar-refractivity contribution < 1.29 is 9.53 Å². The number of nitrogens with one attached hydrogen (secondary N) is 2. The summed E-state index contributed by atoms with van der Waals surface area (Å²) in [6.45, 7) is 2.45. The molecule has 0 aliphatic heterocycles. The van der Waals surface area contributed by atoms with Crippen LogP contribution in [0.5, 0.6) is 5.75 Å². The van der Waals surface area contributed by atoms with Crippen LogP contribution < -0.4 is 15.4 Å². The fraction of sp³-hybridized carbons (Fsp3) is 0.105. The minimum atomic E-state index is -0.309. The van der Waals surface area contributed by atoms with E-state index in [1.54, 1.807) is 6.07 Å². The van der Waals surface area contributed by atoms with Crippen molar-refractivity contribution in [3.05, 3.63) is 73.1 Å². The van der Waals surface area contributed by atoms with Gasteiger partial charge in [0.15, 0.2) is 0 Å². The van der Waals surface area contributed by atoms with Crippen LogP contribution in [0.2, 0.25) is 0 Å². The van der Waals surface area contributed by atoms with Crippen LogP contribution in [0.15, 0.2) is 73.1 Å². The SMILES string of the molecule is CCOc1ccccc1NC(=O)Nc1ccc(-n2cccc2)cc1. The Morgan fingerprint density at radius 3 is 2.38 bits per heavy atom. The molecule has 3 aromatic rings. The predicted molar refractivity (Wildman–Crippen MR) is 96.0 cm³/mol. The molecule has 24 heavy (non-hydrogen) atoms. The molecule has 3 rings (SSSR count). The van der Waals surface area contributed by atoms with Gasteiger partial charge >= 0.3 is 6.03 Å². The number of hydrogen-bond donors (Lipinski definition) is 2. The number of carbonyl (C=O) groups excluding carboxylic acids is 1. The highest BCUT2D eigenvalue weighted by atomic mass is 16.5.